The number of benzene rings is 3. The zero-order valence-electron chi connectivity index (χ0n) is 18.6. The molecule has 3 aromatic carbocycles. The number of halogens is 1. The second-order valence-corrected chi connectivity index (χ2v) is 10.2. The zero-order chi connectivity index (χ0) is 25.0. The summed E-state index contributed by atoms with van der Waals surface area (Å²) in [6, 6.07) is 21.7. The van der Waals surface area contributed by atoms with Crippen LogP contribution in [-0.4, -0.2) is 24.3 Å². The standard InChI is InChI=1S/C25H20ClN5O3S/c1-16(32)29-19-10-12-20(13-11-19)35(33,34)23(14-27)24-25(28-15-17-6-8-18(26)9-7-17)31-22-5-3-2-4-21(22)30-24/h2-13,23H,15H2,1H3,(H,28,31)(H,29,32)/t23-/m0/s1. The van der Waals surface area contributed by atoms with E-state index >= 15 is 0 Å². The number of fused-ring (bicyclic) bond motifs is 1. The number of para-hydroxylation sites is 2. The fourth-order valence-electron chi connectivity index (χ4n) is 3.46. The minimum absolute atomic E-state index is 0.00565. The predicted molar refractivity (Wildman–Crippen MR) is 135 cm³/mol. The molecule has 0 saturated carbocycles. The van der Waals surface area contributed by atoms with Crippen LogP contribution in [0, 0.1) is 11.3 Å². The van der Waals surface area contributed by atoms with Gasteiger partial charge in [0.05, 0.1) is 22.0 Å². The second-order valence-electron chi connectivity index (χ2n) is 7.69. The van der Waals surface area contributed by atoms with Gasteiger partial charge in [0.15, 0.2) is 11.1 Å². The van der Waals surface area contributed by atoms with Gasteiger partial charge in [0, 0.05) is 24.2 Å². The molecular formula is C25H20ClN5O3S. The van der Waals surface area contributed by atoms with E-state index in [4.69, 9.17) is 11.6 Å². The van der Waals surface area contributed by atoms with E-state index in [1.807, 2.05) is 18.2 Å². The first-order valence-corrected chi connectivity index (χ1v) is 12.5. The number of nitrogens with one attached hydrogen (secondary N) is 2. The summed E-state index contributed by atoms with van der Waals surface area (Å²) in [6.45, 7) is 1.67. The molecular weight excluding hydrogens is 486 g/mol. The Balaban J connectivity index is 1.74. The van der Waals surface area contributed by atoms with Crippen LogP contribution in [0.3, 0.4) is 0 Å². The van der Waals surface area contributed by atoms with Crippen molar-refractivity contribution in [3.05, 3.63) is 89.1 Å². The highest BCUT2D eigenvalue weighted by Crippen LogP contribution is 2.33. The third-order valence-electron chi connectivity index (χ3n) is 5.15. The van der Waals surface area contributed by atoms with Crippen LogP contribution in [0.15, 0.2) is 77.7 Å². The maximum atomic E-state index is 13.5. The fraction of sp³-hybridized carbons (Fsp3) is 0.120. The van der Waals surface area contributed by atoms with Gasteiger partial charge in [0.2, 0.25) is 15.7 Å². The number of nitrogens with zero attached hydrogens (tertiary/aromatic N) is 3. The van der Waals surface area contributed by atoms with Crippen molar-refractivity contribution in [1.82, 2.24) is 9.97 Å². The van der Waals surface area contributed by atoms with Gasteiger partial charge in [-0.1, -0.05) is 35.9 Å². The quantitative estimate of drug-likeness (QED) is 0.366. The van der Waals surface area contributed by atoms with Gasteiger partial charge in [-0.3, -0.25) is 4.79 Å². The highest BCUT2D eigenvalue weighted by molar-refractivity contribution is 7.92. The molecule has 1 heterocycles. The van der Waals surface area contributed by atoms with Crippen LogP contribution in [0.4, 0.5) is 11.5 Å². The Bertz CT molecular complexity index is 1530. The molecule has 176 valence electrons. The van der Waals surface area contributed by atoms with Crippen molar-refractivity contribution >= 4 is 49.9 Å². The first kappa shape index (κ1) is 24.1. The molecule has 4 rings (SSSR count). The average Bonchev–Trinajstić information content (AvgIpc) is 2.84. The summed E-state index contributed by atoms with van der Waals surface area (Å²) in [5.74, 6) is -0.0815. The number of nitriles is 1. The molecule has 0 saturated heterocycles. The summed E-state index contributed by atoms with van der Waals surface area (Å²) < 4.78 is 27.0. The number of anilines is 2. The summed E-state index contributed by atoms with van der Waals surface area (Å²) in [6.07, 6.45) is 0. The molecule has 4 aromatic rings. The Morgan fingerprint density at radius 3 is 2.23 bits per heavy atom. The van der Waals surface area contributed by atoms with Crippen molar-refractivity contribution in [2.75, 3.05) is 10.6 Å². The normalized spacial score (nSPS) is 12.0. The number of carbonyl (C=O) groups is 1. The first-order chi connectivity index (χ1) is 16.8. The van der Waals surface area contributed by atoms with Crippen LogP contribution in [-0.2, 0) is 21.2 Å². The Hall–Kier alpha value is -4.00. The first-order valence-electron chi connectivity index (χ1n) is 10.5. The number of aromatic nitrogens is 2. The topological polar surface area (TPSA) is 125 Å². The Kier molecular flexibility index (Phi) is 6.96. The molecule has 2 N–H and O–H groups in total. The second kappa shape index (κ2) is 10.1. The molecule has 0 radical (unpaired) electrons. The molecule has 35 heavy (non-hydrogen) atoms. The number of sulfone groups is 1. The third-order valence-corrected chi connectivity index (χ3v) is 7.28. The highest BCUT2D eigenvalue weighted by Gasteiger charge is 2.33. The van der Waals surface area contributed by atoms with Crippen molar-refractivity contribution in [3.63, 3.8) is 0 Å². The fourth-order valence-corrected chi connectivity index (χ4v) is 4.97. The lowest BCUT2D eigenvalue weighted by Gasteiger charge is -2.16. The summed E-state index contributed by atoms with van der Waals surface area (Å²) in [5.41, 5.74) is 2.37. The van der Waals surface area contributed by atoms with Crippen LogP contribution < -0.4 is 10.6 Å². The zero-order valence-corrected chi connectivity index (χ0v) is 20.1. The maximum absolute atomic E-state index is 13.5. The van der Waals surface area contributed by atoms with Gasteiger partial charge < -0.3 is 10.6 Å². The lowest BCUT2D eigenvalue weighted by atomic mass is 10.2. The molecule has 0 fully saturated rings. The summed E-state index contributed by atoms with van der Waals surface area (Å²) >= 11 is 5.96. The summed E-state index contributed by atoms with van der Waals surface area (Å²) in [4.78, 5) is 20.3. The van der Waals surface area contributed by atoms with Crippen LogP contribution in [0.2, 0.25) is 5.02 Å². The van der Waals surface area contributed by atoms with E-state index in [2.05, 4.69) is 20.6 Å². The van der Waals surface area contributed by atoms with Gasteiger partial charge in [-0.05, 0) is 54.1 Å². The van der Waals surface area contributed by atoms with E-state index in [9.17, 15) is 18.5 Å². The monoisotopic (exact) mass is 505 g/mol. The number of carbonyl (C=O) groups excluding carboxylic acids is 1. The van der Waals surface area contributed by atoms with Crippen molar-refractivity contribution in [1.29, 1.82) is 5.26 Å². The SMILES string of the molecule is CC(=O)Nc1ccc(S(=O)(=O)[C@@H](C#N)c2nc3ccccc3nc2NCc2ccc(Cl)cc2)cc1. The van der Waals surface area contributed by atoms with Crippen LogP contribution in [0.5, 0.6) is 0 Å². The smallest absolute Gasteiger partial charge is 0.221 e. The molecule has 1 amide bonds. The number of rotatable bonds is 7. The predicted octanol–water partition coefficient (Wildman–Crippen LogP) is 4.89. The summed E-state index contributed by atoms with van der Waals surface area (Å²) in [5, 5.41) is 14.7. The van der Waals surface area contributed by atoms with Crippen molar-refractivity contribution in [2.24, 2.45) is 0 Å². The lowest BCUT2D eigenvalue weighted by molar-refractivity contribution is -0.114. The maximum Gasteiger partial charge on any atom is 0.221 e. The molecule has 10 heteroatoms. The van der Waals surface area contributed by atoms with E-state index in [1.165, 1.54) is 31.2 Å². The van der Waals surface area contributed by atoms with E-state index in [1.54, 1.807) is 36.4 Å². The van der Waals surface area contributed by atoms with Gasteiger partial charge in [-0.25, -0.2) is 18.4 Å². The van der Waals surface area contributed by atoms with Gasteiger partial charge >= 0.3 is 0 Å². The van der Waals surface area contributed by atoms with Crippen molar-refractivity contribution < 1.29 is 13.2 Å². The molecule has 8 nitrogen and oxygen atoms in total. The van der Waals surface area contributed by atoms with Gasteiger partial charge in [0.1, 0.15) is 5.69 Å². The average molecular weight is 506 g/mol. The number of hydrogen-bond acceptors (Lipinski definition) is 7. The number of hydrogen-bond donors (Lipinski definition) is 2. The molecule has 0 aliphatic carbocycles. The Morgan fingerprint density at radius 1 is 1.00 bits per heavy atom. The molecule has 0 aliphatic rings. The van der Waals surface area contributed by atoms with Crippen LogP contribution in [0.25, 0.3) is 11.0 Å². The third kappa shape index (κ3) is 5.40. The van der Waals surface area contributed by atoms with Gasteiger partial charge in [-0.15, -0.1) is 0 Å². The van der Waals surface area contributed by atoms with Gasteiger partial charge in [-0.2, -0.15) is 5.26 Å². The largest absolute Gasteiger partial charge is 0.364 e. The van der Waals surface area contributed by atoms with E-state index in [0.717, 1.165) is 5.56 Å². The lowest BCUT2D eigenvalue weighted by Crippen LogP contribution is -2.17. The van der Waals surface area contributed by atoms with Crippen LogP contribution in [0.1, 0.15) is 23.4 Å². The molecule has 0 unspecified atom stereocenters. The van der Waals surface area contributed by atoms with Crippen molar-refractivity contribution in [2.45, 2.75) is 23.6 Å². The van der Waals surface area contributed by atoms with Gasteiger partial charge in [0.25, 0.3) is 0 Å². The Labute approximate surface area is 207 Å². The number of amides is 1. The minimum Gasteiger partial charge on any atom is -0.364 e. The molecule has 0 spiro atoms. The molecule has 0 bridgehead atoms. The highest BCUT2D eigenvalue weighted by atomic mass is 35.5. The Morgan fingerprint density at radius 2 is 1.63 bits per heavy atom. The van der Waals surface area contributed by atoms with E-state index in [-0.39, 0.29) is 22.3 Å². The molecule has 1 atom stereocenters. The van der Waals surface area contributed by atoms with E-state index < -0.39 is 15.1 Å². The van der Waals surface area contributed by atoms with Crippen LogP contribution >= 0.6 is 11.6 Å². The summed E-state index contributed by atoms with van der Waals surface area (Å²) in [7, 11) is -4.16. The molecule has 0 aliphatic heterocycles. The molecule has 1 aromatic heterocycles. The minimum atomic E-state index is -4.16. The van der Waals surface area contributed by atoms with E-state index in [0.29, 0.717) is 28.3 Å². The van der Waals surface area contributed by atoms with Crippen molar-refractivity contribution in [3.8, 4) is 6.07 Å².